The van der Waals surface area contributed by atoms with Gasteiger partial charge in [-0.3, -0.25) is 19.2 Å². The van der Waals surface area contributed by atoms with Crippen LogP contribution in [0.3, 0.4) is 0 Å². The minimum Gasteiger partial charge on any atom is -0.465 e. The third kappa shape index (κ3) is 26.8. The fourth-order valence-electron chi connectivity index (χ4n) is 4.96. The summed E-state index contributed by atoms with van der Waals surface area (Å²) in [5.74, 6) is -1.43. The van der Waals surface area contributed by atoms with Crippen molar-refractivity contribution < 1.29 is 38.1 Å². The molecule has 0 unspecified atom stereocenters. The molecule has 0 bridgehead atoms. The fraction of sp³-hybridized carbons (Fsp3) is 0.892. The second kappa shape index (κ2) is 30.5. The van der Waals surface area contributed by atoms with Crippen molar-refractivity contribution in [1.82, 2.24) is 0 Å². The van der Waals surface area contributed by atoms with Crippen LogP contribution >= 0.6 is 0 Å². The normalized spacial score (nSPS) is 11.3. The van der Waals surface area contributed by atoms with Gasteiger partial charge in [-0.1, -0.05) is 130 Å². The van der Waals surface area contributed by atoms with Crippen molar-refractivity contribution in [2.24, 2.45) is 5.41 Å². The molecule has 0 spiro atoms. The molecule has 8 nitrogen and oxygen atoms in total. The summed E-state index contributed by atoms with van der Waals surface area (Å²) in [6, 6.07) is 0. The van der Waals surface area contributed by atoms with Crippen LogP contribution in [0.15, 0.2) is 0 Å². The molecular weight excluding hydrogens is 572 g/mol. The van der Waals surface area contributed by atoms with Gasteiger partial charge >= 0.3 is 23.9 Å². The lowest BCUT2D eigenvalue weighted by molar-refractivity contribution is -0.170. The molecule has 0 fully saturated rings. The van der Waals surface area contributed by atoms with Crippen LogP contribution in [0, 0.1) is 5.41 Å². The van der Waals surface area contributed by atoms with E-state index in [4.69, 9.17) is 18.9 Å². The van der Waals surface area contributed by atoms with E-state index < -0.39 is 5.41 Å². The number of carbonyl (C=O) groups excluding carboxylic acids is 4. The highest BCUT2D eigenvalue weighted by molar-refractivity contribution is 5.71. The van der Waals surface area contributed by atoms with Gasteiger partial charge in [0, 0.05) is 25.7 Å². The van der Waals surface area contributed by atoms with E-state index in [0.29, 0.717) is 0 Å². The smallest absolute Gasteiger partial charge is 0.305 e. The molecular formula is C37H68O8. The molecule has 0 N–H and O–H groups in total. The zero-order valence-corrected chi connectivity index (χ0v) is 29.6. The van der Waals surface area contributed by atoms with E-state index >= 15 is 0 Å². The van der Waals surface area contributed by atoms with Gasteiger partial charge < -0.3 is 18.9 Å². The Labute approximate surface area is 275 Å². The van der Waals surface area contributed by atoms with Crippen molar-refractivity contribution in [3.05, 3.63) is 0 Å². The molecule has 264 valence electrons. The van der Waals surface area contributed by atoms with Crippen LogP contribution in [0.4, 0.5) is 0 Å². The van der Waals surface area contributed by atoms with E-state index in [1.54, 1.807) is 0 Å². The Kier molecular flexibility index (Phi) is 29.1. The van der Waals surface area contributed by atoms with E-state index in [0.717, 1.165) is 128 Å². The van der Waals surface area contributed by atoms with Crippen molar-refractivity contribution in [3.8, 4) is 0 Å². The van der Waals surface area contributed by atoms with E-state index in [-0.39, 0.29) is 76.0 Å². The molecule has 0 atom stereocenters. The fourth-order valence-corrected chi connectivity index (χ4v) is 4.96. The standard InChI is InChI=1S/C37H68O8/c1-5-9-13-17-21-25-33(38)42-29-37(30-43-34(39)26-22-18-14-10-6-2,31-44-35(40)27-23-19-15-11-7-3)32-45-36(41)28-24-20-16-12-8-4/h5-32H2,1-4H3. The van der Waals surface area contributed by atoms with E-state index in [2.05, 4.69) is 27.7 Å². The van der Waals surface area contributed by atoms with Gasteiger partial charge in [0.25, 0.3) is 0 Å². The first kappa shape index (κ1) is 42.9. The van der Waals surface area contributed by atoms with Gasteiger partial charge in [0.1, 0.15) is 31.8 Å². The summed E-state index contributed by atoms with van der Waals surface area (Å²) in [6.45, 7) is 7.90. The molecule has 0 aromatic carbocycles. The number of carbonyl (C=O) groups is 4. The molecule has 0 aromatic rings. The molecule has 0 amide bonds. The van der Waals surface area contributed by atoms with Gasteiger partial charge in [-0.25, -0.2) is 0 Å². The first-order valence-corrected chi connectivity index (χ1v) is 18.4. The Hall–Kier alpha value is -2.12. The molecule has 0 aromatic heterocycles. The third-order valence-electron chi connectivity index (χ3n) is 8.10. The summed E-state index contributed by atoms with van der Waals surface area (Å²) >= 11 is 0. The van der Waals surface area contributed by atoms with Crippen LogP contribution in [-0.2, 0) is 38.1 Å². The van der Waals surface area contributed by atoms with Gasteiger partial charge in [0.05, 0.1) is 0 Å². The Morgan fingerprint density at radius 2 is 0.533 bits per heavy atom. The number of ether oxygens (including phenoxy) is 4. The average molecular weight is 641 g/mol. The SMILES string of the molecule is CCCCCCCC(=O)OCC(COC(=O)CCCCCCC)(COC(=O)CCCCCCC)COC(=O)CCCCCCC. The molecule has 0 heterocycles. The number of esters is 4. The van der Waals surface area contributed by atoms with Crippen molar-refractivity contribution in [2.45, 2.75) is 182 Å². The highest BCUT2D eigenvalue weighted by Gasteiger charge is 2.38. The number of unbranched alkanes of at least 4 members (excludes halogenated alkanes) is 16. The molecule has 0 saturated heterocycles. The molecule has 0 rings (SSSR count). The van der Waals surface area contributed by atoms with E-state index in [1.165, 1.54) is 0 Å². The van der Waals surface area contributed by atoms with Gasteiger partial charge in [0.15, 0.2) is 0 Å². The Morgan fingerprint density at radius 3 is 0.733 bits per heavy atom. The minimum absolute atomic E-state index is 0.169. The van der Waals surface area contributed by atoms with E-state index in [1.807, 2.05) is 0 Å². The van der Waals surface area contributed by atoms with Crippen molar-refractivity contribution in [2.75, 3.05) is 26.4 Å². The van der Waals surface area contributed by atoms with Crippen LogP contribution in [-0.4, -0.2) is 50.3 Å². The predicted octanol–water partition coefficient (Wildman–Crippen LogP) is 9.59. The zero-order valence-electron chi connectivity index (χ0n) is 29.6. The van der Waals surface area contributed by atoms with Gasteiger partial charge in [-0.05, 0) is 25.7 Å². The minimum atomic E-state index is -1.18. The van der Waals surface area contributed by atoms with Gasteiger partial charge in [-0.15, -0.1) is 0 Å². The maximum Gasteiger partial charge on any atom is 0.305 e. The maximum absolute atomic E-state index is 12.7. The first-order valence-electron chi connectivity index (χ1n) is 18.4. The molecule has 0 aliphatic carbocycles. The monoisotopic (exact) mass is 640 g/mol. The summed E-state index contributed by atoms with van der Waals surface area (Å²) < 4.78 is 22.7. The van der Waals surface area contributed by atoms with Crippen LogP contribution in [0.25, 0.3) is 0 Å². The molecule has 45 heavy (non-hydrogen) atoms. The Morgan fingerprint density at radius 1 is 0.333 bits per heavy atom. The second-order valence-corrected chi connectivity index (χ2v) is 12.8. The van der Waals surface area contributed by atoms with E-state index in [9.17, 15) is 19.2 Å². The molecule has 0 radical (unpaired) electrons. The molecule has 0 aliphatic heterocycles. The van der Waals surface area contributed by atoms with Gasteiger partial charge in [0.2, 0.25) is 0 Å². The molecule has 8 heteroatoms. The largest absolute Gasteiger partial charge is 0.465 e. The topological polar surface area (TPSA) is 105 Å². The predicted molar refractivity (Wildman–Crippen MR) is 180 cm³/mol. The number of hydrogen-bond donors (Lipinski definition) is 0. The van der Waals surface area contributed by atoms with Gasteiger partial charge in [-0.2, -0.15) is 0 Å². The highest BCUT2D eigenvalue weighted by Crippen LogP contribution is 2.23. The lowest BCUT2D eigenvalue weighted by Gasteiger charge is -2.31. The van der Waals surface area contributed by atoms with Crippen LogP contribution in [0.5, 0.6) is 0 Å². The summed E-state index contributed by atoms with van der Waals surface area (Å²) in [7, 11) is 0. The summed E-state index contributed by atoms with van der Waals surface area (Å²) in [6.07, 6.45) is 21.2. The summed E-state index contributed by atoms with van der Waals surface area (Å²) in [5, 5.41) is 0. The second-order valence-electron chi connectivity index (χ2n) is 12.8. The molecule has 0 aliphatic rings. The maximum atomic E-state index is 12.7. The lowest BCUT2D eigenvalue weighted by Crippen LogP contribution is -2.44. The summed E-state index contributed by atoms with van der Waals surface area (Å²) in [4.78, 5) is 50.7. The summed E-state index contributed by atoms with van der Waals surface area (Å²) in [5.41, 5.74) is -1.18. The van der Waals surface area contributed by atoms with Crippen LogP contribution in [0.2, 0.25) is 0 Å². The number of rotatable bonds is 32. The Balaban J connectivity index is 5.47. The average Bonchev–Trinajstić information content (AvgIpc) is 3.03. The first-order chi connectivity index (χ1) is 21.8. The van der Waals surface area contributed by atoms with Crippen molar-refractivity contribution in [3.63, 3.8) is 0 Å². The lowest BCUT2D eigenvalue weighted by atomic mass is 9.92. The quantitative estimate of drug-likeness (QED) is 0.0407. The Bertz CT molecular complexity index is 625. The third-order valence-corrected chi connectivity index (χ3v) is 8.10. The molecule has 0 saturated carbocycles. The number of hydrogen-bond acceptors (Lipinski definition) is 8. The van der Waals surface area contributed by atoms with Crippen LogP contribution in [0.1, 0.15) is 182 Å². The highest BCUT2D eigenvalue weighted by atomic mass is 16.6. The van der Waals surface area contributed by atoms with Crippen molar-refractivity contribution >= 4 is 23.9 Å². The van der Waals surface area contributed by atoms with Crippen molar-refractivity contribution in [1.29, 1.82) is 0 Å². The van der Waals surface area contributed by atoms with Crippen LogP contribution < -0.4 is 0 Å². The zero-order chi connectivity index (χ0) is 33.4.